The lowest BCUT2D eigenvalue weighted by molar-refractivity contribution is -0.113. The van der Waals surface area contributed by atoms with Gasteiger partial charge in [0.25, 0.3) is 0 Å². The fourth-order valence-electron chi connectivity index (χ4n) is 3.14. The molecule has 5 nitrogen and oxygen atoms in total. The summed E-state index contributed by atoms with van der Waals surface area (Å²) in [6.45, 7) is 1.86. The van der Waals surface area contributed by atoms with E-state index >= 15 is 0 Å². The maximum Gasteiger partial charge on any atom is 0.234 e. The number of thioether (sulfide) groups is 1. The zero-order valence-electron chi connectivity index (χ0n) is 15.5. The number of rotatable bonds is 4. The van der Waals surface area contributed by atoms with E-state index in [-0.39, 0.29) is 21.7 Å². The molecular weight excluding hydrogens is 463 g/mol. The highest BCUT2D eigenvalue weighted by atomic mass is 35.5. The molecule has 1 amide bonds. The van der Waals surface area contributed by atoms with Gasteiger partial charge in [0, 0.05) is 5.02 Å². The highest BCUT2D eigenvalue weighted by Gasteiger charge is 2.17. The van der Waals surface area contributed by atoms with Crippen LogP contribution in [0, 0.1) is 18.3 Å². The summed E-state index contributed by atoms with van der Waals surface area (Å²) in [4.78, 5) is 17.2. The molecule has 2 aromatic carbocycles. The molecular formula is C21H13Cl3N4OS. The largest absolute Gasteiger partial charge is 0.323 e. The molecule has 9 heteroatoms. The first-order valence-corrected chi connectivity index (χ1v) is 10.9. The van der Waals surface area contributed by atoms with Gasteiger partial charge in [-0.15, -0.1) is 0 Å². The van der Waals surface area contributed by atoms with Crippen LogP contribution in [0.15, 0.2) is 47.5 Å². The summed E-state index contributed by atoms with van der Waals surface area (Å²) in [5.74, 6) is -0.159. The highest BCUT2D eigenvalue weighted by Crippen LogP contribution is 2.34. The van der Waals surface area contributed by atoms with E-state index in [1.807, 2.05) is 41.7 Å². The minimum absolute atomic E-state index is 0.113. The number of anilines is 1. The van der Waals surface area contributed by atoms with Crippen molar-refractivity contribution in [2.45, 2.75) is 11.9 Å². The van der Waals surface area contributed by atoms with Crippen molar-refractivity contribution in [3.8, 4) is 6.07 Å². The van der Waals surface area contributed by atoms with Crippen LogP contribution in [-0.4, -0.2) is 21.0 Å². The van der Waals surface area contributed by atoms with Crippen LogP contribution in [-0.2, 0) is 4.79 Å². The Morgan fingerprint density at radius 3 is 2.60 bits per heavy atom. The van der Waals surface area contributed by atoms with Crippen LogP contribution >= 0.6 is 46.6 Å². The number of nitrogens with one attached hydrogen (secondary N) is 1. The van der Waals surface area contributed by atoms with Gasteiger partial charge in [0.05, 0.1) is 43.1 Å². The molecule has 4 rings (SSSR count). The molecule has 0 radical (unpaired) electrons. The number of hydrogen-bond acceptors (Lipinski definition) is 4. The van der Waals surface area contributed by atoms with Crippen molar-refractivity contribution in [3.63, 3.8) is 0 Å². The molecule has 30 heavy (non-hydrogen) atoms. The van der Waals surface area contributed by atoms with Gasteiger partial charge in [-0.05, 0) is 42.8 Å². The molecule has 0 spiro atoms. The molecule has 1 N–H and O–H groups in total. The Bertz CT molecular complexity index is 1340. The van der Waals surface area contributed by atoms with Gasteiger partial charge in [-0.25, -0.2) is 4.98 Å². The van der Waals surface area contributed by atoms with Gasteiger partial charge >= 0.3 is 0 Å². The van der Waals surface area contributed by atoms with Crippen LogP contribution in [0.4, 0.5) is 5.69 Å². The molecule has 4 aromatic rings. The van der Waals surface area contributed by atoms with Crippen LogP contribution in [0.1, 0.15) is 11.1 Å². The Balaban J connectivity index is 1.66. The fraction of sp³-hybridized carbons (Fsp3) is 0.0952. The zero-order chi connectivity index (χ0) is 21.4. The Hall–Kier alpha value is -2.43. The summed E-state index contributed by atoms with van der Waals surface area (Å²) in [5, 5.41) is 14.0. The lowest BCUT2D eigenvalue weighted by Gasteiger charge is -2.12. The summed E-state index contributed by atoms with van der Waals surface area (Å²) in [6, 6.07) is 14.8. The molecule has 0 aliphatic carbocycles. The maximum atomic E-state index is 12.6. The normalized spacial score (nSPS) is 11.0. The molecule has 0 bridgehead atoms. The van der Waals surface area contributed by atoms with E-state index in [0.717, 1.165) is 21.6 Å². The van der Waals surface area contributed by atoms with Crippen LogP contribution in [0.3, 0.4) is 0 Å². The number of benzene rings is 2. The second-order valence-electron chi connectivity index (χ2n) is 6.49. The molecule has 0 fully saturated rings. The number of aryl methyl sites for hydroxylation is 1. The SMILES string of the molecule is Cc1cc(SCC(=O)Nc2c(Cl)cc(Cl)cc2Cl)n2c(nc3ccccc32)c1C#N. The smallest absolute Gasteiger partial charge is 0.234 e. The number of fused-ring (bicyclic) bond motifs is 3. The number of pyridine rings is 1. The summed E-state index contributed by atoms with van der Waals surface area (Å²) >= 11 is 19.5. The number of nitriles is 1. The van der Waals surface area contributed by atoms with Crippen LogP contribution in [0.2, 0.25) is 15.1 Å². The standard InChI is InChI=1S/C21H13Cl3N4OS/c1-11-6-19(28-17-5-3-2-4-16(17)26-21(28)13(11)9-25)30-10-18(29)27-20-14(23)7-12(22)8-15(20)24/h2-8H,10H2,1H3,(H,27,29). The van der Waals surface area contributed by atoms with Crippen molar-refractivity contribution in [2.24, 2.45) is 0 Å². The number of hydrogen-bond donors (Lipinski definition) is 1. The summed E-state index contributed by atoms with van der Waals surface area (Å²) in [5.41, 5.74) is 3.86. The molecule has 0 aliphatic heterocycles. The van der Waals surface area contributed by atoms with E-state index in [4.69, 9.17) is 34.8 Å². The Kier molecular flexibility index (Phi) is 5.81. The van der Waals surface area contributed by atoms with E-state index in [0.29, 0.717) is 21.9 Å². The predicted molar refractivity (Wildman–Crippen MR) is 123 cm³/mol. The summed E-state index contributed by atoms with van der Waals surface area (Å²) in [7, 11) is 0. The maximum absolute atomic E-state index is 12.6. The third-order valence-electron chi connectivity index (χ3n) is 4.47. The number of amides is 1. The number of halogens is 3. The topological polar surface area (TPSA) is 70.2 Å². The van der Waals surface area contributed by atoms with Crippen molar-refractivity contribution in [3.05, 3.63) is 68.7 Å². The van der Waals surface area contributed by atoms with E-state index in [1.54, 1.807) is 0 Å². The minimum atomic E-state index is -0.272. The minimum Gasteiger partial charge on any atom is -0.323 e. The molecule has 0 aliphatic rings. The summed E-state index contributed by atoms with van der Waals surface area (Å²) < 4.78 is 1.90. The lowest BCUT2D eigenvalue weighted by atomic mass is 10.2. The van der Waals surface area contributed by atoms with E-state index in [1.165, 1.54) is 23.9 Å². The van der Waals surface area contributed by atoms with Gasteiger partial charge in [-0.2, -0.15) is 5.26 Å². The van der Waals surface area contributed by atoms with Crippen LogP contribution in [0.25, 0.3) is 16.7 Å². The zero-order valence-corrected chi connectivity index (χ0v) is 18.6. The Morgan fingerprint density at radius 2 is 1.90 bits per heavy atom. The first-order chi connectivity index (χ1) is 14.4. The number of carbonyl (C=O) groups excluding carboxylic acids is 1. The first kappa shape index (κ1) is 20.8. The van der Waals surface area contributed by atoms with Gasteiger partial charge in [0.2, 0.25) is 5.91 Å². The molecule has 0 unspecified atom stereocenters. The number of carbonyl (C=O) groups is 1. The van der Waals surface area contributed by atoms with Crippen molar-refractivity contribution in [1.82, 2.24) is 9.38 Å². The van der Waals surface area contributed by atoms with Crippen molar-refractivity contribution in [1.29, 1.82) is 5.26 Å². The quantitative estimate of drug-likeness (QED) is 0.349. The van der Waals surface area contributed by atoms with Gasteiger partial charge in [0.1, 0.15) is 6.07 Å². The van der Waals surface area contributed by atoms with Crippen molar-refractivity contribution in [2.75, 3.05) is 11.1 Å². The highest BCUT2D eigenvalue weighted by molar-refractivity contribution is 7.99. The third kappa shape index (κ3) is 3.82. The Morgan fingerprint density at radius 1 is 1.20 bits per heavy atom. The van der Waals surface area contributed by atoms with Gasteiger partial charge in [-0.3, -0.25) is 9.20 Å². The first-order valence-electron chi connectivity index (χ1n) is 8.77. The monoisotopic (exact) mass is 474 g/mol. The number of para-hydroxylation sites is 2. The van der Waals surface area contributed by atoms with Crippen LogP contribution < -0.4 is 5.32 Å². The number of nitrogens with zero attached hydrogens (tertiary/aromatic N) is 3. The Labute approximate surface area is 191 Å². The van der Waals surface area contributed by atoms with Gasteiger partial charge in [-0.1, -0.05) is 58.7 Å². The second-order valence-corrected chi connectivity index (χ2v) is 8.74. The second kappa shape index (κ2) is 8.37. The average molecular weight is 476 g/mol. The predicted octanol–water partition coefficient (Wildman–Crippen LogP) is 6.36. The number of aromatic nitrogens is 2. The fourth-order valence-corrected chi connectivity index (χ4v) is 4.97. The molecule has 0 saturated heterocycles. The van der Waals surface area contributed by atoms with Crippen LogP contribution in [0.5, 0.6) is 0 Å². The molecule has 150 valence electrons. The van der Waals surface area contributed by atoms with E-state index in [9.17, 15) is 10.1 Å². The van der Waals surface area contributed by atoms with Crippen molar-refractivity contribution >= 4 is 74.8 Å². The molecule has 2 heterocycles. The average Bonchev–Trinajstić information content (AvgIpc) is 3.08. The van der Waals surface area contributed by atoms with Gasteiger partial charge < -0.3 is 5.32 Å². The molecule has 0 saturated carbocycles. The third-order valence-corrected chi connectivity index (χ3v) is 6.29. The van der Waals surface area contributed by atoms with E-state index < -0.39 is 0 Å². The lowest BCUT2D eigenvalue weighted by Crippen LogP contribution is -2.15. The molecule has 0 atom stereocenters. The van der Waals surface area contributed by atoms with Gasteiger partial charge in [0.15, 0.2) is 5.65 Å². The number of imidazole rings is 1. The van der Waals surface area contributed by atoms with E-state index in [2.05, 4.69) is 16.4 Å². The molecule has 2 aromatic heterocycles. The summed E-state index contributed by atoms with van der Waals surface area (Å²) in [6.07, 6.45) is 0. The van der Waals surface area contributed by atoms with Crippen molar-refractivity contribution < 1.29 is 4.79 Å².